The molecule has 0 saturated heterocycles. The molecule has 0 spiro atoms. The Morgan fingerprint density at radius 1 is 1.39 bits per heavy atom. The molecule has 0 aliphatic carbocycles. The maximum atomic E-state index is 13.3. The van der Waals surface area contributed by atoms with Crippen LogP contribution in [-0.4, -0.2) is 31.8 Å². The molecular formula is C21H24F3KN4O2-2. The van der Waals surface area contributed by atoms with Gasteiger partial charge in [-0.05, 0) is 31.7 Å². The second kappa shape index (κ2) is 14.6. The van der Waals surface area contributed by atoms with Crippen LogP contribution in [0.5, 0.6) is 0 Å². The molecule has 31 heavy (non-hydrogen) atoms. The summed E-state index contributed by atoms with van der Waals surface area (Å²) in [4.78, 5) is 11.8. The summed E-state index contributed by atoms with van der Waals surface area (Å²) in [6, 6.07) is 3.23. The van der Waals surface area contributed by atoms with Gasteiger partial charge in [0, 0.05) is 11.7 Å². The number of allylic oxidation sites excluding steroid dienone is 2. The zero-order valence-corrected chi connectivity index (χ0v) is 21.1. The van der Waals surface area contributed by atoms with Gasteiger partial charge >= 0.3 is 57.6 Å². The molecule has 0 aromatic heterocycles. The van der Waals surface area contributed by atoms with E-state index in [1.54, 1.807) is 14.0 Å². The molecule has 0 aliphatic rings. The zero-order chi connectivity index (χ0) is 22.7. The fraction of sp³-hybridized carbons (Fsp3) is 0.333. The molecule has 0 fully saturated rings. The Bertz CT molecular complexity index is 823. The SMILES string of the molecule is C=C(C=[C-]NC)Nc1cc(COCC(C)NC(=O)C(=[C-]C)C=[N-])ccc1C(F)(F)F.[K+]. The normalized spacial score (nSPS) is 12.6. The molecule has 0 heterocycles. The molecule has 1 unspecified atom stereocenters. The average Bonchev–Trinajstić information content (AvgIpc) is 2.66. The molecule has 1 rings (SSSR count). The first kappa shape index (κ1) is 29.6. The largest absolute Gasteiger partial charge is 1.00 e. The van der Waals surface area contributed by atoms with Crippen LogP contribution in [0.3, 0.4) is 0 Å². The fourth-order valence-electron chi connectivity index (χ4n) is 2.33. The third-order valence-corrected chi connectivity index (χ3v) is 3.73. The minimum atomic E-state index is -4.54. The Balaban J connectivity index is 0.00000900. The van der Waals surface area contributed by atoms with E-state index in [4.69, 9.17) is 10.1 Å². The third-order valence-electron chi connectivity index (χ3n) is 3.73. The van der Waals surface area contributed by atoms with Gasteiger partial charge in [-0.2, -0.15) is 37.6 Å². The Morgan fingerprint density at radius 2 is 2.06 bits per heavy atom. The van der Waals surface area contributed by atoms with E-state index in [-0.39, 0.29) is 81.6 Å². The van der Waals surface area contributed by atoms with Gasteiger partial charge in [0.15, 0.2) is 0 Å². The van der Waals surface area contributed by atoms with Crippen LogP contribution in [0.4, 0.5) is 18.9 Å². The van der Waals surface area contributed by atoms with Crippen LogP contribution < -0.4 is 67.3 Å². The molecule has 1 aromatic carbocycles. The molecule has 164 valence electrons. The van der Waals surface area contributed by atoms with Gasteiger partial charge in [0.25, 0.3) is 0 Å². The number of benzene rings is 1. The van der Waals surface area contributed by atoms with Crippen molar-refractivity contribution in [1.29, 1.82) is 0 Å². The van der Waals surface area contributed by atoms with Crippen molar-refractivity contribution in [3.8, 4) is 0 Å². The Hall–Kier alpha value is -1.43. The zero-order valence-electron chi connectivity index (χ0n) is 18.0. The van der Waals surface area contributed by atoms with Gasteiger partial charge in [-0.25, -0.2) is 6.08 Å². The van der Waals surface area contributed by atoms with E-state index in [1.807, 2.05) is 0 Å². The Morgan fingerprint density at radius 3 is 2.61 bits per heavy atom. The van der Waals surface area contributed by atoms with Gasteiger partial charge in [0.1, 0.15) is 5.91 Å². The molecule has 1 aromatic rings. The first-order chi connectivity index (χ1) is 14.1. The van der Waals surface area contributed by atoms with Crippen molar-refractivity contribution in [3.05, 3.63) is 70.9 Å². The summed E-state index contributed by atoms with van der Waals surface area (Å²) in [6.45, 7) is 6.97. The van der Waals surface area contributed by atoms with Crippen molar-refractivity contribution >= 4 is 17.8 Å². The monoisotopic (exact) mass is 460 g/mol. The summed E-state index contributed by atoms with van der Waals surface area (Å²) in [5.41, 5.74) is -0.270. The van der Waals surface area contributed by atoms with Crippen molar-refractivity contribution < 1.29 is 74.1 Å². The minimum absolute atomic E-state index is 0. The fourth-order valence-corrected chi connectivity index (χ4v) is 2.33. The number of nitrogens with one attached hydrogen (secondary N) is 3. The number of alkyl halides is 3. The number of carbonyl (C=O) groups is 1. The predicted octanol–water partition coefficient (Wildman–Crippen LogP) is 0.582. The number of hydrogen-bond acceptors (Lipinski definition) is 4. The van der Waals surface area contributed by atoms with Gasteiger partial charge in [-0.1, -0.05) is 13.0 Å². The smallest absolute Gasteiger partial charge is 0.878 e. The van der Waals surface area contributed by atoms with Crippen LogP contribution in [0.25, 0.3) is 5.41 Å². The van der Waals surface area contributed by atoms with Crippen molar-refractivity contribution in [3.63, 3.8) is 0 Å². The standard InChI is InChI=1S/C21H24F3N4O2.K/c1-5-17(11-25)20(29)28-15(3)12-30-13-16-6-7-18(21(22,23)24)19(10-16)27-14(2)8-9-26-4;/h6-8,10-11,15,26-27H,2,12-13H2,1,3-4H3,(H,28,29);/q-3;+1. The molecule has 0 saturated carbocycles. The number of carbonyl (C=O) groups excluding carboxylic acids is 1. The molecule has 0 aliphatic heterocycles. The quantitative estimate of drug-likeness (QED) is 0.113. The molecule has 3 N–H and O–H groups in total. The summed E-state index contributed by atoms with van der Waals surface area (Å²) < 4.78 is 45.3. The number of amides is 1. The average molecular weight is 461 g/mol. The van der Waals surface area contributed by atoms with Crippen LogP contribution in [0.2, 0.25) is 0 Å². The number of halogens is 3. The molecule has 0 bridgehead atoms. The number of rotatable bonds is 11. The number of ether oxygens (including phenoxy) is 1. The molecule has 10 heteroatoms. The summed E-state index contributed by atoms with van der Waals surface area (Å²) in [5, 5.41) is 16.8. The van der Waals surface area contributed by atoms with Gasteiger partial charge in [0.2, 0.25) is 0 Å². The maximum Gasteiger partial charge on any atom is 1.00 e. The van der Waals surface area contributed by atoms with E-state index in [0.717, 1.165) is 6.07 Å². The van der Waals surface area contributed by atoms with E-state index in [0.29, 0.717) is 11.8 Å². The van der Waals surface area contributed by atoms with Crippen LogP contribution in [0.15, 0.2) is 42.1 Å². The van der Waals surface area contributed by atoms with Gasteiger partial charge in [-0.15, -0.1) is 5.70 Å². The second-order valence-electron chi connectivity index (χ2n) is 6.25. The molecule has 1 amide bonds. The summed E-state index contributed by atoms with van der Waals surface area (Å²) in [5.74, 6) is -0.512. The van der Waals surface area contributed by atoms with E-state index >= 15 is 0 Å². The number of anilines is 1. The van der Waals surface area contributed by atoms with Crippen LogP contribution >= 0.6 is 0 Å². The van der Waals surface area contributed by atoms with Crippen LogP contribution in [0, 0.1) is 12.3 Å². The van der Waals surface area contributed by atoms with Crippen molar-refractivity contribution in [2.75, 3.05) is 19.0 Å². The summed E-state index contributed by atoms with van der Waals surface area (Å²) in [6.07, 6.45) is 2.64. The van der Waals surface area contributed by atoms with Gasteiger partial charge < -0.3 is 37.1 Å². The molecule has 0 radical (unpaired) electrons. The van der Waals surface area contributed by atoms with Crippen LogP contribution in [-0.2, 0) is 22.3 Å². The van der Waals surface area contributed by atoms with E-state index < -0.39 is 23.7 Å². The van der Waals surface area contributed by atoms with Gasteiger partial charge in [0.05, 0.1) is 18.8 Å². The summed E-state index contributed by atoms with van der Waals surface area (Å²) in [7, 11) is 1.60. The van der Waals surface area contributed by atoms with Crippen molar-refractivity contribution in [2.24, 2.45) is 0 Å². The third kappa shape index (κ3) is 10.6. The minimum Gasteiger partial charge on any atom is -0.878 e. The predicted molar refractivity (Wildman–Crippen MR) is 110 cm³/mol. The van der Waals surface area contributed by atoms with E-state index in [2.05, 4.69) is 34.8 Å². The molecular weight excluding hydrogens is 436 g/mol. The second-order valence-corrected chi connectivity index (χ2v) is 6.25. The van der Waals surface area contributed by atoms with E-state index in [1.165, 1.54) is 25.1 Å². The topological polar surface area (TPSA) is 84.7 Å². The number of nitrogens with zero attached hydrogens (tertiary/aromatic N) is 1. The first-order valence-corrected chi connectivity index (χ1v) is 8.94. The van der Waals surface area contributed by atoms with Crippen molar-refractivity contribution in [1.82, 2.24) is 10.6 Å². The Kier molecular flexibility index (Phi) is 13.9. The molecule has 6 nitrogen and oxygen atoms in total. The summed E-state index contributed by atoms with van der Waals surface area (Å²) >= 11 is 0. The van der Waals surface area contributed by atoms with Gasteiger partial charge in [-0.3, -0.25) is 0 Å². The number of hydrogen-bond donors (Lipinski definition) is 3. The molecule has 1 atom stereocenters. The van der Waals surface area contributed by atoms with Crippen molar-refractivity contribution in [2.45, 2.75) is 32.7 Å². The Labute approximate surface area is 223 Å². The van der Waals surface area contributed by atoms with Crippen LogP contribution in [0.1, 0.15) is 25.0 Å². The maximum absolute atomic E-state index is 13.3. The van der Waals surface area contributed by atoms with E-state index in [9.17, 15) is 18.0 Å². The first-order valence-electron chi connectivity index (χ1n) is 8.94.